The average molecular weight is 191 g/mol. The summed E-state index contributed by atoms with van der Waals surface area (Å²) < 4.78 is 0. The van der Waals surface area contributed by atoms with Gasteiger partial charge < -0.3 is 5.32 Å². The van der Waals surface area contributed by atoms with Gasteiger partial charge in [-0.2, -0.15) is 0 Å². The van der Waals surface area contributed by atoms with Crippen molar-refractivity contribution in [1.82, 2.24) is 5.32 Å². The Hall–Kier alpha value is -1.64. The first kappa shape index (κ1) is 10.4. The van der Waals surface area contributed by atoms with Crippen molar-refractivity contribution in [2.75, 3.05) is 0 Å². The zero-order valence-corrected chi connectivity index (χ0v) is 8.33. The van der Waals surface area contributed by atoms with Crippen molar-refractivity contribution in [3.63, 3.8) is 0 Å². The number of amides is 1. The van der Waals surface area contributed by atoms with Gasteiger partial charge in [0.2, 0.25) is 6.29 Å². The highest BCUT2D eigenvalue weighted by molar-refractivity contribution is 6.23. The Labute approximate surface area is 83.1 Å². The summed E-state index contributed by atoms with van der Waals surface area (Å²) in [6.45, 7) is 4.40. The third-order valence-corrected chi connectivity index (χ3v) is 2.06. The molecule has 0 atom stereocenters. The van der Waals surface area contributed by atoms with Gasteiger partial charge in [0.15, 0.2) is 0 Å². The van der Waals surface area contributed by atoms with E-state index in [-0.39, 0.29) is 6.29 Å². The van der Waals surface area contributed by atoms with E-state index in [4.69, 9.17) is 0 Å². The molecule has 0 aliphatic heterocycles. The Bertz CT molecular complexity index is 358. The summed E-state index contributed by atoms with van der Waals surface area (Å²) >= 11 is 0. The van der Waals surface area contributed by atoms with Crippen LogP contribution in [0.4, 0.5) is 0 Å². The lowest BCUT2D eigenvalue weighted by Crippen LogP contribution is -2.23. The van der Waals surface area contributed by atoms with E-state index in [1.165, 1.54) is 5.56 Å². The number of nitrogens with one attached hydrogen (secondary N) is 1. The van der Waals surface area contributed by atoms with Crippen LogP contribution in [0.3, 0.4) is 0 Å². The molecule has 1 aromatic carbocycles. The third kappa shape index (κ3) is 2.69. The Morgan fingerprint density at radius 1 is 1.43 bits per heavy atom. The molecule has 0 saturated carbocycles. The molecular formula is C11H13NO2. The molecule has 1 amide bonds. The Kier molecular flexibility index (Phi) is 3.40. The lowest BCUT2D eigenvalue weighted by Gasteiger charge is -2.06. The maximum Gasteiger partial charge on any atom is 0.284 e. The van der Waals surface area contributed by atoms with E-state index >= 15 is 0 Å². The summed E-state index contributed by atoms with van der Waals surface area (Å²) in [6, 6.07) is 5.98. The van der Waals surface area contributed by atoms with Crippen molar-refractivity contribution in [1.29, 1.82) is 0 Å². The minimum atomic E-state index is -0.579. The summed E-state index contributed by atoms with van der Waals surface area (Å²) in [5.41, 5.74) is 3.34. The SMILES string of the molecule is Cc1ccc(CNC(=O)C=O)c(C)c1. The maximum absolute atomic E-state index is 10.7. The highest BCUT2D eigenvalue weighted by Gasteiger charge is 2.00. The monoisotopic (exact) mass is 191 g/mol. The van der Waals surface area contributed by atoms with Crippen LogP contribution in [0.25, 0.3) is 0 Å². The molecule has 0 aromatic heterocycles. The molecule has 0 bridgehead atoms. The van der Waals surface area contributed by atoms with Gasteiger partial charge in [-0.05, 0) is 25.0 Å². The second-order valence-electron chi connectivity index (χ2n) is 3.27. The van der Waals surface area contributed by atoms with Crippen LogP contribution in [0.1, 0.15) is 16.7 Å². The van der Waals surface area contributed by atoms with Crippen LogP contribution in [-0.2, 0) is 16.1 Å². The van der Waals surface area contributed by atoms with Gasteiger partial charge in [-0.3, -0.25) is 9.59 Å². The van der Waals surface area contributed by atoms with E-state index in [9.17, 15) is 9.59 Å². The van der Waals surface area contributed by atoms with E-state index in [0.717, 1.165) is 11.1 Å². The standard InChI is InChI=1S/C11H13NO2/c1-8-3-4-10(9(2)5-8)6-12-11(14)7-13/h3-5,7H,6H2,1-2H3,(H,12,14). The highest BCUT2D eigenvalue weighted by atomic mass is 16.2. The van der Waals surface area contributed by atoms with E-state index in [1.54, 1.807) is 0 Å². The third-order valence-electron chi connectivity index (χ3n) is 2.06. The van der Waals surface area contributed by atoms with Crippen LogP contribution >= 0.6 is 0 Å². The number of benzene rings is 1. The van der Waals surface area contributed by atoms with Gasteiger partial charge in [-0.25, -0.2) is 0 Å². The van der Waals surface area contributed by atoms with E-state index in [2.05, 4.69) is 5.32 Å². The van der Waals surface area contributed by atoms with Crippen LogP contribution < -0.4 is 5.32 Å². The molecule has 3 nitrogen and oxygen atoms in total. The van der Waals surface area contributed by atoms with Crippen molar-refractivity contribution in [3.8, 4) is 0 Å². The van der Waals surface area contributed by atoms with Crippen LogP contribution in [0.5, 0.6) is 0 Å². The van der Waals surface area contributed by atoms with Gasteiger partial charge in [0, 0.05) is 6.54 Å². The first-order valence-corrected chi connectivity index (χ1v) is 4.42. The first-order chi connectivity index (χ1) is 6.63. The summed E-state index contributed by atoms with van der Waals surface area (Å²) in [5, 5.41) is 2.50. The highest BCUT2D eigenvalue weighted by Crippen LogP contribution is 2.09. The maximum atomic E-state index is 10.7. The van der Waals surface area contributed by atoms with Gasteiger partial charge in [0.1, 0.15) is 0 Å². The largest absolute Gasteiger partial charge is 0.346 e. The van der Waals surface area contributed by atoms with E-state index in [1.807, 2.05) is 32.0 Å². The zero-order chi connectivity index (χ0) is 10.6. The lowest BCUT2D eigenvalue weighted by atomic mass is 10.1. The first-order valence-electron chi connectivity index (χ1n) is 4.42. The number of hydrogen-bond donors (Lipinski definition) is 1. The Morgan fingerprint density at radius 2 is 2.14 bits per heavy atom. The average Bonchev–Trinajstić information content (AvgIpc) is 2.16. The van der Waals surface area contributed by atoms with Crippen LogP contribution in [0.2, 0.25) is 0 Å². The molecule has 0 spiro atoms. The number of aryl methyl sites for hydroxylation is 2. The van der Waals surface area contributed by atoms with Gasteiger partial charge in [-0.1, -0.05) is 23.8 Å². The molecule has 1 rings (SSSR count). The van der Waals surface area contributed by atoms with Gasteiger partial charge in [0.25, 0.3) is 5.91 Å². The quantitative estimate of drug-likeness (QED) is 0.574. The molecule has 0 aliphatic rings. The summed E-state index contributed by atoms with van der Waals surface area (Å²) in [7, 11) is 0. The summed E-state index contributed by atoms with van der Waals surface area (Å²) in [4.78, 5) is 20.7. The van der Waals surface area contributed by atoms with E-state index < -0.39 is 5.91 Å². The second-order valence-corrected chi connectivity index (χ2v) is 3.27. The molecule has 3 heteroatoms. The molecule has 1 N–H and O–H groups in total. The van der Waals surface area contributed by atoms with Crippen molar-refractivity contribution >= 4 is 12.2 Å². The van der Waals surface area contributed by atoms with Crippen molar-refractivity contribution < 1.29 is 9.59 Å². The Balaban J connectivity index is 2.68. The molecule has 0 fully saturated rings. The Morgan fingerprint density at radius 3 is 2.71 bits per heavy atom. The van der Waals surface area contributed by atoms with Crippen LogP contribution in [0, 0.1) is 13.8 Å². The van der Waals surface area contributed by atoms with Crippen molar-refractivity contribution in [2.24, 2.45) is 0 Å². The second kappa shape index (κ2) is 4.56. The molecule has 0 heterocycles. The summed E-state index contributed by atoms with van der Waals surface area (Å²) in [6.07, 6.45) is 0.281. The molecule has 0 saturated heterocycles. The van der Waals surface area contributed by atoms with Crippen LogP contribution in [-0.4, -0.2) is 12.2 Å². The fraction of sp³-hybridized carbons (Fsp3) is 0.273. The number of carbonyl (C=O) groups excluding carboxylic acids is 2. The van der Waals surface area contributed by atoms with Gasteiger partial charge in [-0.15, -0.1) is 0 Å². The minimum absolute atomic E-state index is 0.281. The number of aldehydes is 1. The van der Waals surface area contributed by atoms with E-state index in [0.29, 0.717) is 6.54 Å². The fourth-order valence-corrected chi connectivity index (χ4v) is 1.27. The summed E-state index contributed by atoms with van der Waals surface area (Å²) in [5.74, 6) is -0.579. The molecule has 0 radical (unpaired) electrons. The van der Waals surface area contributed by atoms with Crippen molar-refractivity contribution in [2.45, 2.75) is 20.4 Å². The number of rotatable bonds is 3. The number of carbonyl (C=O) groups is 2. The number of hydrogen-bond acceptors (Lipinski definition) is 2. The smallest absolute Gasteiger partial charge is 0.284 e. The molecular weight excluding hydrogens is 178 g/mol. The molecule has 74 valence electrons. The molecule has 0 aliphatic carbocycles. The van der Waals surface area contributed by atoms with Crippen molar-refractivity contribution in [3.05, 3.63) is 34.9 Å². The topological polar surface area (TPSA) is 46.2 Å². The van der Waals surface area contributed by atoms with Gasteiger partial charge in [0.05, 0.1) is 0 Å². The lowest BCUT2D eigenvalue weighted by molar-refractivity contribution is -0.131. The minimum Gasteiger partial charge on any atom is -0.346 e. The molecule has 0 unspecified atom stereocenters. The molecule has 14 heavy (non-hydrogen) atoms. The van der Waals surface area contributed by atoms with Gasteiger partial charge >= 0.3 is 0 Å². The normalized spacial score (nSPS) is 9.57. The zero-order valence-electron chi connectivity index (χ0n) is 8.33. The predicted molar refractivity (Wildman–Crippen MR) is 53.8 cm³/mol. The molecule has 1 aromatic rings. The van der Waals surface area contributed by atoms with Crippen LogP contribution in [0.15, 0.2) is 18.2 Å². The predicted octanol–water partition coefficient (Wildman–Crippen LogP) is 1.12. The fourth-order valence-electron chi connectivity index (χ4n) is 1.27.